The average molecular weight is 303 g/mol. The zero-order chi connectivity index (χ0) is 11.8. The monoisotopic (exact) mass is 302 g/mol. The van der Waals surface area contributed by atoms with E-state index in [0.717, 1.165) is 28.9 Å². The minimum absolute atomic E-state index is 0.531. The van der Waals surface area contributed by atoms with Gasteiger partial charge < -0.3 is 5.32 Å². The summed E-state index contributed by atoms with van der Waals surface area (Å²) in [5, 5.41) is 3.56. The first-order valence-corrected chi connectivity index (χ1v) is 7.77. The maximum absolute atomic E-state index is 4.41. The molecule has 1 aromatic heterocycles. The van der Waals surface area contributed by atoms with E-state index in [9.17, 15) is 0 Å². The first kappa shape index (κ1) is 14.0. The van der Waals surface area contributed by atoms with Crippen LogP contribution in [-0.4, -0.2) is 29.6 Å². The molecule has 1 aromatic rings. The molecule has 0 spiro atoms. The van der Waals surface area contributed by atoms with Gasteiger partial charge in [0.2, 0.25) is 0 Å². The molecule has 0 bridgehead atoms. The van der Waals surface area contributed by atoms with Crippen molar-refractivity contribution >= 4 is 27.7 Å². The van der Waals surface area contributed by atoms with Crippen LogP contribution in [0.3, 0.4) is 0 Å². The molecular weight excluding hydrogens is 284 g/mol. The van der Waals surface area contributed by atoms with Gasteiger partial charge in [-0.2, -0.15) is 11.8 Å². The Labute approximate surface area is 111 Å². The van der Waals surface area contributed by atoms with Gasteiger partial charge in [-0.05, 0) is 47.3 Å². The van der Waals surface area contributed by atoms with Crippen molar-refractivity contribution in [3.63, 3.8) is 0 Å². The quantitative estimate of drug-likeness (QED) is 0.838. The van der Waals surface area contributed by atoms with E-state index < -0.39 is 0 Å². The van der Waals surface area contributed by atoms with Crippen LogP contribution in [-0.2, 0) is 6.42 Å². The van der Waals surface area contributed by atoms with Crippen LogP contribution in [0.25, 0.3) is 0 Å². The molecule has 1 N–H and O–H groups in total. The Hall–Kier alpha value is -0.0600. The second-order valence-electron chi connectivity index (χ2n) is 3.78. The van der Waals surface area contributed by atoms with Crippen LogP contribution in [0.4, 0.5) is 0 Å². The van der Waals surface area contributed by atoms with Gasteiger partial charge in [0.25, 0.3) is 0 Å². The fraction of sp³-hybridized carbons (Fsp3) is 0.583. The highest BCUT2D eigenvalue weighted by Crippen LogP contribution is 2.10. The zero-order valence-corrected chi connectivity index (χ0v) is 12.3. The number of hydrogen-bond donors (Lipinski definition) is 1. The number of aromatic nitrogens is 1. The molecule has 90 valence electrons. The lowest BCUT2D eigenvalue weighted by Crippen LogP contribution is -2.34. The van der Waals surface area contributed by atoms with E-state index in [0.29, 0.717) is 6.04 Å². The number of nitrogens with zero attached hydrogens (tertiary/aromatic N) is 1. The fourth-order valence-corrected chi connectivity index (χ4v) is 2.39. The molecule has 1 atom stereocenters. The van der Waals surface area contributed by atoms with Gasteiger partial charge in [0.15, 0.2) is 0 Å². The average Bonchev–Trinajstić information content (AvgIpc) is 2.29. The number of pyridine rings is 1. The standard InChI is InChI=1S/C12H19BrN2S/c1-3-6-14-12(9-16-2)7-11-5-4-10(13)8-15-11/h4-5,8,12,14H,3,6-7,9H2,1-2H3. The van der Waals surface area contributed by atoms with Crippen molar-refractivity contribution in [2.45, 2.75) is 25.8 Å². The lowest BCUT2D eigenvalue weighted by molar-refractivity contribution is 0.545. The van der Waals surface area contributed by atoms with Crippen molar-refractivity contribution < 1.29 is 0 Å². The molecule has 16 heavy (non-hydrogen) atoms. The van der Waals surface area contributed by atoms with Gasteiger partial charge in [-0.15, -0.1) is 0 Å². The van der Waals surface area contributed by atoms with Gasteiger partial charge in [0.1, 0.15) is 0 Å². The SMILES string of the molecule is CCCNC(CSC)Cc1ccc(Br)cn1. The Morgan fingerprint density at radius 1 is 1.50 bits per heavy atom. The Morgan fingerprint density at radius 3 is 2.88 bits per heavy atom. The van der Waals surface area contributed by atoms with E-state index >= 15 is 0 Å². The van der Waals surface area contributed by atoms with E-state index in [1.807, 2.05) is 18.0 Å². The van der Waals surface area contributed by atoms with Crippen LogP contribution in [0.2, 0.25) is 0 Å². The Morgan fingerprint density at radius 2 is 2.31 bits per heavy atom. The minimum atomic E-state index is 0.531. The van der Waals surface area contributed by atoms with Gasteiger partial charge in [-0.1, -0.05) is 6.92 Å². The number of nitrogens with one attached hydrogen (secondary N) is 1. The number of thioether (sulfide) groups is 1. The van der Waals surface area contributed by atoms with Crippen molar-refractivity contribution in [3.05, 3.63) is 28.5 Å². The molecule has 0 fully saturated rings. The first-order chi connectivity index (χ1) is 7.76. The summed E-state index contributed by atoms with van der Waals surface area (Å²) in [6.07, 6.45) is 6.20. The number of halogens is 1. The second-order valence-corrected chi connectivity index (χ2v) is 5.60. The van der Waals surface area contributed by atoms with E-state index in [1.54, 1.807) is 0 Å². The lowest BCUT2D eigenvalue weighted by Gasteiger charge is -2.16. The Kier molecular flexibility index (Phi) is 7.08. The summed E-state index contributed by atoms with van der Waals surface area (Å²) in [5.74, 6) is 1.14. The highest BCUT2D eigenvalue weighted by molar-refractivity contribution is 9.10. The van der Waals surface area contributed by atoms with Gasteiger partial charge in [0, 0.05) is 34.6 Å². The normalized spacial score (nSPS) is 12.7. The van der Waals surface area contributed by atoms with Crippen molar-refractivity contribution in [1.82, 2.24) is 10.3 Å². The molecule has 0 aliphatic carbocycles. The number of rotatable bonds is 7. The van der Waals surface area contributed by atoms with Gasteiger partial charge in [-0.25, -0.2) is 0 Å². The largest absolute Gasteiger partial charge is 0.313 e. The van der Waals surface area contributed by atoms with E-state index in [-0.39, 0.29) is 0 Å². The van der Waals surface area contributed by atoms with Crippen LogP contribution in [0.1, 0.15) is 19.0 Å². The summed E-state index contributed by atoms with van der Waals surface area (Å²) in [5.41, 5.74) is 1.16. The highest BCUT2D eigenvalue weighted by atomic mass is 79.9. The first-order valence-electron chi connectivity index (χ1n) is 5.59. The molecule has 1 unspecified atom stereocenters. The van der Waals surface area contributed by atoms with Crippen LogP contribution in [0, 0.1) is 0 Å². The summed E-state index contributed by atoms with van der Waals surface area (Å²) in [7, 11) is 0. The molecule has 0 saturated carbocycles. The molecule has 0 aliphatic rings. The van der Waals surface area contributed by atoms with Gasteiger partial charge in [-0.3, -0.25) is 4.98 Å². The summed E-state index contributed by atoms with van der Waals surface area (Å²) in [6, 6.07) is 4.67. The summed E-state index contributed by atoms with van der Waals surface area (Å²) in [4.78, 5) is 4.41. The third-order valence-corrected chi connectivity index (χ3v) is 3.50. The molecule has 0 aliphatic heterocycles. The van der Waals surface area contributed by atoms with E-state index in [4.69, 9.17) is 0 Å². The predicted molar refractivity (Wildman–Crippen MR) is 76.1 cm³/mol. The smallest absolute Gasteiger partial charge is 0.0420 e. The molecule has 1 heterocycles. The molecule has 4 heteroatoms. The molecule has 0 amide bonds. The van der Waals surface area contributed by atoms with Crippen LogP contribution in [0.5, 0.6) is 0 Å². The second kappa shape index (κ2) is 8.09. The maximum Gasteiger partial charge on any atom is 0.0420 e. The molecule has 2 nitrogen and oxygen atoms in total. The predicted octanol–water partition coefficient (Wildman–Crippen LogP) is 3.12. The van der Waals surface area contributed by atoms with Gasteiger partial charge >= 0.3 is 0 Å². The van der Waals surface area contributed by atoms with Crippen LogP contribution >= 0.6 is 27.7 Å². The van der Waals surface area contributed by atoms with Gasteiger partial charge in [0.05, 0.1) is 0 Å². The summed E-state index contributed by atoms with van der Waals surface area (Å²) < 4.78 is 1.04. The van der Waals surface area contributed by atoms with Crippen molar-refractivity contribution in [2.75, 3.05) is 18.6 Å². The number of hydrogen-bond acceptors (Lipinski definition) is 3. The molecule has 1 rings (SSSR count). The van der Waals surface area contributed by atoms with E-state index in [2.05, 4.69) is 51.5 Å². The lowest BCUT2D eigenvalue weighted by atomic mass is 10.1. The van der Waals surface area contributed by atoms with Crippen molar-refractivity contribution in [3.8, 4) is 0 Å². The Balaban J connectivity index is 2.49. The molecule has 0 aromatic carbocycles. The topological polar surface area (TPSA) is 24.9 Å². The van der Waals surface area contributed by atoms with Crippen LogP contribution < -0.4 is 5.32 Å². The highest BCUT2D eigenvalue weighted by Gasteiger charge is 2.08. The maximum atomic E-state index is 4.41. The summed E-state index contributed by atoms with van der Waals surface area (Å²) in [6.45, 7) is 3.28. The zero-order valence-electron chi connectivity index (χ0n) is 9.87. The molecule has 0 saturated heterocycles. The Bertz CT molecular complexity index is 290. The molecule has 0 radical (unpaired) electrons. The van der Waals surface area contributed by atoms with Crippen molar-refractivity contribution in [2.24, 2.45) is 0 Å². The third kappa shape index (κ3) is 5.32. The fourth-order valence-electron chi connectivity index (χ4n) is 1.52. The van der Waals surface area contributed by atoms with E-state index in [1.165, 1.54) is 6.42 Å². The minimum Gasteiger partial charge on any atom is -0.313 e. The molecular formula is C12H19BrN2S. The third-order valence-electron chi connectivity index (χ3n) is 2.30. The van der Waals surface area contributed by atoms with Crippen molar-refractivity contribution in [1.29, 1.82) is 0 Å². The van der Waals surface area contributed by atoms with Crippen LogP contribution in [0.15, 0.2) is 22.8 Å². The summed E-state index contributed by atoms with van der Waals surface area (Å²) >= 11 is 5.29.